The number of H-pyrrole nitrogens is 1. The molecule has 0 spiro atoms. The molecule has 2 atom stereocenters. The molecule has 0 aliphatic carbocycles. The number of nitrogens with one attached hydrogen (secondary N) is 3. The molecule has 0 radical (unpaired) electrons. The molecule has 2 rings (SSSR count). The van der Waals surface area contributed by atoms with Crippen LogP contribution in [0.25, 0.3) is 16.4 Å². The van der Waals surface area contributed by atoms with Crippen LogP contribution in [-0.4, -0.2) is 71.1 Å². The second-order valence-corrected chi connectivity index (χ2v) is 7.49. The highest BCUT2D eigenvalue weighted by Gasteiger charge is 2.30. The molecule has 12 heteroatoms. The first-order valence-electron chi connectivity index (χ1n) is 10.4. The number of esters is 1. The second kappa shape index (κ2) is 12.9. The Kier molecular flexibility index (Phi) is 10.0. The monoisotopic (exact) mass is 477 g/mol. The summed E-state index contributed by atoms with van der Waals surface area (Å²) in [6.07, 6.45) is 0.115. The van der Waals surface area contributed by atoms with E-state index in [-0.39, 0.29) is 19.3 Å². The normalized spacial score (nSPS) is 12.5. The highest BCUT2D eigenvalue weighted by molar-refractivity contribution is 6.25. The number of nitrogens with zero attached hydrogens (tertiary/aromatic N) is 2. The molecule has 0 aliphatic rings. The standard InChI is InChI=1S/C22H25F2N5O5/c1-13(30)28-20(8-14-11-26-18-5-3-2-4-17(14)18)21(32)29-19(7-6-15(31)12-27-25)22(33)34-16(9-23)10-24/h2-5,11-12,16,19-20,26H,6-10H2,1H3,(H,28,30)(H,29,32)/t19-,20-/m0/s1. The maximum atomic E-state index is 13.0. The summed E-state index contributed by atoms with van der Waals surface area (Å²) in [4.78, 5) is 54.5. The molecule has 2 aromatic rings. The first-order chi connectivity index (χ1) is 16.3. The Balaban J connectivity index is 2.22. The number of amides is 2. The molecule has 2 amide bonds. The Hall–Kier alpha value is -3.92. The highest BCUT2D eigenvalue weighted by Crippen LogP contribution is 2.19. The average molecular weight is 477 g/mol. The lowest BCUT2D eigenvalue weighted by atomic mass is 10.0. The molecule has 0 unspecified atom stereocenters. The van der Waals surface area contributed by atoms with E-state index in [9.17, 15) is 28.0 Å². The number of aromatic nitrogens is 1. The van der Waals surface area contributed by atoms with Crippen LogP contribution in [0.15, 0.2) is 30.5 Å². The van der Waals surface area contributed by atoms with E-state index in [1.54, 1.807) is 6.20 Å². The van der Waals surface area contributed by atoms with Gasteiger partial charge < -0.3 is 25.9 Å². The number of fused-ring (bicyclic) bond motifs is 1. The number of carbonyl (C=O) groups excluding carboxylic acids is 4. The van der Waals surface area contributed by atoms with E-state index in [2.05, 4.69) is 20.4 Å². The lowest BCUT2D eigenvalue weighted by Crippen LogP contribution is -2.53. The van der Waals surface area contributed by atoms with Gasteiger partial charge in [-0.1, -0.05) is 18.2 Å². The number of rotatable bonds is 13. The van der Waals surface area contributed by atoms with Gasteiger partial charge in [-0.2, -0.15) is 4.79 Å². The van der Waals surface area contributed by atoms with Crippen LogP contribution < -0.4 is 10.6 Å². The number of benzene rings is 1. The number of ketones is 1. The molecular weight excluding hydrogens is 452 g/mol. The van der Waals surface area contributed by atoms with E-state index < -0.39 is 55.1 Å². The maximum absolute atomic E-state index is 13.0. The van der Waals surface area contributed by atoms with Crippen molar-refractivity contribution in [2.45, 2.75) is 44.4 Å². The molecule has 1 heterocycles. The summed E-state index contributed by atoms with van der Waals surface area (Å²) in [6, 6.07) is 4.80. The molecule has 1 aromatic heterocycles. The first-order valence-corrected chi connectivity index (χ1v) is 10.4. The molecular formula is C22H25F2N5O5. The van der Waals surface area contributed by atoms with Crippen LogP contribution in [0.4, 0.5) is 8.78 Å². The Bertz CT molecular complexity index is 1080. The Morgan fingerprint density at radius 2 is 1.85 bits per heavy atom. The van der Waals surface area contributed by atoms with Crippen LogP contribution in [0.2, 0.25) is 0 Å². The number of hydrogen-bond acceptors (Lipinski definition) is 5. The fraction of sp³-hybridized carbons (Fsp3) is 0.409. The van der Waals surface area contributed by atoms with Gasteiger partial charge in [0.25, 0.3) is 0 Å². The molecule has 0 aliphatic heterocycles. The fourth-order valence-electron chi connectivity index (χ4n) is 3.26. The van der Waals surface area contributed by atoms with Crippen LogP contribution in [0.3, 0.4) is 0 Å². The van der Waals surface area contributed by atoms with Gasteiger partial charge in [-0.15, -0.1) is 0 Å². The Labute approximate surface area is 193 Å². The average Bonchev–Trinajstić information content (AvgIpc) is 3.22. The lowest BCUT2D eigenvalue weighted by Gasteiger charge is -2.23. The minimum atomic E-state index is -1.65. The Morgan fingerprint density at radius 1 is 1.15 bits per heavy atom. The zero-order valence-corrected chi connectivity index (χ0v) is 18.4. The number of ether oxygens (including phenoxy) is 1. The third-order valence-electron chi connectivity index (χ3n) is 4.90. The molecule has 0 saturated heterocycles. The zero-order chi connectivity index (χ0) is 25.1. The molecule has 182 valence electrons. The topological polar surface area (TPSA) is 154 Å². The molecule has 1 aromatic carbocycles. The number of halogens is 2. The number of carbonyl (C=O) groups is 4. The molecule has 34 heavy (non-hydrogen) atoms. The third kappa shape index (κ3) is 7.59. The zero-order valence-electron chi connectivity index (χ0n) is 18.4. The van der Waals surface area contributed by atoms with Crippen molar-refractivity contribution < 1.29 is 37.5 Å². The van der Waals surface area contributed by atoms with Gasteiger partial charge >= 0.3 is 12.2 Å². The lowest BCUT2D eigenvalue weighted by molar-refractivity contribution is -0.155. The summed E-state index contributed by atoms with van der Waals surface area (Å²) in [6.45, 7) is -1.32. The van der Waals surface area contributed by atoms with E-state index >= 15 is 0 Å². The summed E-state index contributed by atoms with van der Waals surface area (Å²) >= 11 is 0. The van der Waals surface area contributed by atoms with Crippen molar-refractivity contribution in [3.8, 4) is 0 Å². The second-order valence-electron chi connectivity index (χ2n) is 7.49. The number of hydrogen-bond donors (Lipinski definition) is 3. The van der Waals surface area contributed by atoms with E-state index in [0.717, 1.165) is 16.5 Å². The quantitative estimate of drug-likeness (QED) is 0.171. The van der Waals surface area contributed by atoms with Gasteiger partial charge in [-0.25, -0.2) is 13.6 Å². The largest absolute Gasteiger partial charge is 0.455 e. The minimum Gasteiger partial charge on any atom is -0.455 e. The van der Waals surface area contributed by atoms with Gasteiger partial charge in [0, 0.05) is 36.9 Å². The highest BCUT2D eigenvalue weighted by atomic mass is 19.1. The maximum Gasteiger partial charge on any atom is 0.329 e. The van der Waals surface area contributed by atoms with Crippen LogP contribution >= 0.6 is 0 Å². The number of Topliss-reactive ketones (excluding diaryl/α,β-unsaturated/α-hetero) is 1. The van der Waals surface area contributed by atoms with E-state index in [0.29, 0.717) is 6.21 Å². The SMILES string of the molecule is CC(=O)N[C@@H](Cc1c[nH]c2ccccc12)C(=O)N[C@@H](CCC(=O)C=[N+]=[N-])C(=O)OC(CF)CF. The van der Waals surface area contributed by atoms with E-state index in [4.69, 9.17) is 10.3 Å². The fourth-order valence-corrected chi connectivity index (χ4v) is 3.26. The van der Waals surface area contributed by atoms with Crippen molar-refractivity contribution in [3.63, 3.8) is 0 Å². The van der Waals surface area contributed by atoms with Crippen LogP contribution in [0, 0.1) is 0 Å². The van der Waals surface area contributed by atoms with Crippen molar-refractivity contribution in [1.29, 1.82) is 0 Å². The van der Waals surface area contributed by atoms with Gasteiger partial charge in [0.2, 0.25) is 17.6 Å². The third-order valence-corrected chi connectivity index (χ3v) is 4.90. The van der Waals surface area contributed by atoms with Gasteiger partial charge in [-0.3, -0.25) is 14.4 Å². The summed E-state index contributed by atoms with van der Waals surface area (Å²) < 4.78 is 30.4. The van der Waals surface area contributed by atoms with Crippen LogP contribution in [-0.2, 0) is 30.3 Å². The summed E-state index contributed by atoms with van der Waals surface area (Å²) in [5, 5.41) is 5.75. The number of para-hydroxylation sites is 1. The molecule has 0 fully saturated rings. The first kappa shape index (κ1) is 26.3. The molecule has 10 nitrogen and oxygen atoms in total. The molecule has 0 saturated carbocycles. The summed E-state index contributed by atoms with van der Waals surface area (Å²) in [5.74, 6) is -3.05. The van der Waals surface area contributed by atoms with Crippen molar-refractivity contribution in [2.24, 2.45) is 0 Å². The summed E-state index contributed by atoms with van der Waals surface area (Å²) in [7, 11) is 0. The summed E-state index contributed by atoms with van der Waals surface area (Å²) in [5.41, 5.74) is 10.0. The van der Waals surface area contributed by atoms with Crippen molar-refractivity contribution in [2.75, 3.05) is 13.3 Å². The van der Waals surface area contributed by atoms with Gasteiger partial charge in [0.1, 0.15) is 25.4 Å². The number of aromatic amines is 1. The van der Waals surface area contributed by atoms with Gasteiger partial charge in [0.05, 0.1) is 0 Å². The molecule has 3 N–H and O–H groups in total. The smallest absolute Gasteiger partial charge is 0.329 e. The predicted octanol–water partition coefficient (Wildman–Crippen LogP) is 1.20. The van der Waals surface area contributed by atoms with Gasteiger partial charge in [-0.05, 0) is 18.1 Å². The van der Waals surface area contributed by atoms with E-state index in [1.165, 1.54) is 6.92 Å². The number of alkyl halides is 2. The van der Waals surface area contributed by atoms with Crippen LogP contribution in [0.5, 0.6) is 0 Å². The van der Waals surface area contributed by atoms with Crippen LogP contribution in [0.1, 0.15) is 25.3 Å². The predicted molar refractivity (Wildman–Crippen MR) is 117 cm³/mol. The van der Waals surface area contributed by atoms with Crippen molar-refractivity contribution in [3.05, 3.63) is 41.6 Å². The Morgan fingerprint density at radius 3 is 2.50 bits per heavy atom. The van der Waals surface area contributed by atoms with Gasteiger partial charge in [0.15, 0.2) is 6.10 Å². The van der Waals surface area contributed by atoms with Crippen molar-refractivity contribution in [1.82, 2.24) is 15.6 Å². The minimum absolute atomic E-state index is 0.0743. The van der Waals surface area contributed by atoms with E-state index in [1.807, 2.05) is 24.3 Å². The van der Waals surface area contributed by atoms with Crippen molar-refractivity contribution >= 4 is 40.7 Å². The molecule has 0 bridgehead atoms.